The number of rotatable bonds is 4. The summed E-state index contributed by atoms with van der Waals surface area (Å²) in [4.78, 5) is 1.50. The summed E-state index contributed by atoms with van der Waals surface area (Å²) in [6.07, 6.45) is 8.26. The van der Waals surface area contributed by atoms with Crippen molar-refractivity contribution in [3.63, 3.8) is 0 Å². The van der Waals surface area contributed by atoms with E-state index in [-0.39, 0.29) is 0 Å². The van der Waals surface area contributed by atoms with Gasteiger partial charge >= 0.3 is 0 Å². The Labute approximate surface area is 78.2 Å². The molecule has 0 aliphatic carbocycles. The maximum absolute atomic E-state index is 3.63. The molecule has 0 aliphatic heterocycles. The van der Waals surface area contributed by atoms with Crippen molar-refractivity contribution in [2.75, 3.05) is 0 Å². The molecule has 1 rings (SSSR count). The molecule has 0 bridgehead atoms. The quantitative estimate of drug-likeness (QED) is 0.616. The third-order valence-electron chi connectivity index (χ3n) is 1.78. The molecule has 0 fully saturated rings. The highest BCUT2D eigenvalue weighted by atomic mass is 32.1. The molecule has 12 heavy (non-hydrogen) atoms. The average Bonchev–Trinajstić information content (AvgIpc) is 2.46. The summed E-state index contributed by atoms with van der Waals surface area (Å²) in [6.45, 7) is 5.80. The Balaban J connectivity index is 2.38. The molecule has 0 unspecified atom stereocenters. The predicted molar refractivity (Wildman–Crippen MR) is 56.7 cm³/mol. The SMILES string of the molecule is C=CC=CCCc1sccc1C. The third-order valence-corrected chi connectivity index (χ3v) is 2.86. The van der Waals surface area contributed by atoms with Gasteiger partial charge in [-0.2, -0.15) is 0 Å². The van der Waals surface area contributed by atoms with Crippen LogP contribution in [0.1, 0.15) is 16.9 Å². The zero-order valence-corrected chi connectivity index (χ0v) is 8.23. The van der Waals surface area contributed by atoms with Gasteiger partial charge in [0.1, 0.15) is 0 Å². The van der Waals surface area contributed by atoms with E-state index in [1.54, 1.807) is 0 Å². The van der Waals surface area contributed by atoms with E-state index in [9.17, 15) is 0 Å². The number of hydrogen-bond donors (Lipinski definition) is 0. The first-order valence-corrected chi connectivity index (χ1v) is 5.03. The number of aryl methyl sites for hydroxylation is 2. The highest BCUT2D eigenvalue weighted by Gasteiger charge is 1.96. The molecule has 0 saturated carbocycles. The zero-order valence-electron chi connectivity index (χ0n) is 7.42. The van der Waals surface area contributed by atoms with Gasteiger partial charge in [-0.15, -0.1) is 11.3 Å². The van der Waals surface area contributed by atoms with Crippen molar-refractivity contribution in [3.8, 4) is 0 Å². The lowest BCUT2D eigenvalue weighted by atomic mass is 10.2. The van der Waals surface area contributed by atoms with Gasteiger partial charge in [0.25, 0.3) is 0 Å². The van der Waals surface area contributed by atoms with Crippen molar-refractivity contribution >= 4 is 11.3 Å². The van der Waals surface area contributed by atoms with Crippen molar-refractivity contribution in [1.82, 2.24) is 0 Å². The Bertz CT molecular complexity index is 268. The van der Waals surface area contributed by atoms with Crippen LogP contribution in [0.2, 0.25) is 0 Å². The fourth-order valence-electron chi connectivity index (χ4n) is 1.07. The molecule has 0 radical (unpaired) electrons. The fourth-order valence-corrected chi connectivity index (χ4v) is 1.99. The smallest absolute Gasteiger partial charge is 0.00774 e. The Morgan fingerprint density at radius 2 is 2.42 bits per heavy atom. The third kappa shape index (κ3) is 2.67. The van der Waals surface area contributed by atoms with Gasteiger partial charge in [-0.1, -0.05) is 24.8 Å². The maximum Gasteiger partial charge on any atom is 0.00774 e. The van der Waals surface area contributed by atoms with Crippen molar-refractivity contribution in [1.29, 1.82) is 0 Å². The van der Waals surface area contributed by atoms with Crippen LogP contribution in [0.5, 0.6) is 0 Å². The van der Waals surface area contributed by atoms with Gasteiger partial charge in [-0.25, -0.2) is 0 Å². The summed E-state index contributed by atoms with van der Waals surface area (Å²) >= 11 is 1.85. The molecule has 1 aromatic heterocycles. The van der Waals surface area contributed by atoms with Gasteiger partial charge in [-0.3, -0.25) is 0 Å². The molecule has 0 N–H and O–H groups in total. The summed E-state index contributed by atoms with van der Waals surface area (Å²) in [5.41, 5.74) is 1.42. The van der Waals surface area contributed by atoms with E-state index < -0.39 is 0 Å². The lowest BCUT2D eigenvalue weighted by Gasteiger charge is -1.94. The van der Waals surface area contributed by atoms with E-state index in [2.05, 4.69) is 31.0 Å². The second-order valence-corrected chi connectivity index (χ2v) is 3.73. The van der Waals surface area contributed by atoms with Crippen LogP contribution in [0.25, 0.3) is 0 Å². The minimum absolute atomic E-state index is 1.12. The summed E-state index contributed by atoms with van der Waals surface area (Å²) < 4.78 is 0. The van der Waals surface area contributed by atoms with E-state index >= 15 is 0 Å². The molecule has 0 aromatic carbocycles. The van der Waals surface area contributed by atoms with Crippen molar-refractivity contribution in [2.24, 2.45) is 0 Å². The highest BCUT2D eigenvalue weighted by Crippen LogP contribution is 2.17. The predicted octanol–water partition coefficient (Wildman–Crippen LogP) is 3.73. The van der Waals surface area contributed by atoms with Crippen LogP contribution >= 0.6 is 11.3 Å². The molecular weight excluding hydrogens is 164 g/mol. The van der Waals surface area contributed by atoms with Gasteiger partial charge < -0.3 is 0 Å². The van der Waals surface area contributed by atoms with Gasteiger partial charge in [-0.05, 0) is 36.8 Å². The average molecular weight is 178 g/mol. The van der Waals surface area contributed by atoms with Crippen LogP contribution < -0.4 is 0 Å². The van der Waals surface area contributed by atoms with Crippen LogP contribution in [0.4, 0.5) is 0 Å². The molecule has 0 atom stereocenters. The van der Waals surface area contributed by atoms with Crippen LogP contribution in [0.15, 0.2) is 36.3 Å². The monoisotopic (exact) mass is 178 g/mol. The van der Waals surface area contributed by atoms with E-state index in [0.29, 0.717) is 0 Å². The first kappa shape index (κ1) is 9.27. The van der Waals surface area contributed by atoms with E-state index in [4.69, 9.17) is 0 Å². The normalized spacial score (nSPS) is 10.8. The van der Waals surface area contributed by atoms with Crippen molar-refractivity contribution < 1.29 is 0 Å². The zero-order chi connectivity index (χ0) is 8.81. The topological polar surface area (TPSA) is 0 Å². The maximum atomic E-state index is 3.63. The highest BCUT2D eigenvalue weighted by molar-refractivity contribution is 7.10. The molecule has 0 aliphatic rings. The summed E-state index contributed by atoms with van der Waals surface area (Å²) in [5, 5.41) is 2.15. The molecule has 0 amide bonds. The minimum atomic E-state index is 1.12. The second-order valence-electron chi connectivity index (χ2n) is 2.73. The van der Waals surface area contributed by atoms with E-state index in [1.165, 1.54) is 10.4 Å². The number of hydrogen-bond acceptors (Lipinski definition) is 1. The summed E-state index contributed by atoms with van der Waals surface area (Å²) in [7, 11) is 0. The Morgan fingerprint density at radius 1 is 1.58 bits per heavy atom. The van der Waals surface area contributed by atoms with Crippen LogP contribution in [-0.4, -0.2) is 0 Å². The molecule has 0 spiro atoms. The van der Waals surface area contributed by atoms with Gasteiger partial charge in [0.15, 0.2) is 0 Å². The van der Waals surface area contributed by atoms with Gasteiger partial charge in [0.05, 0.1) is 0 Å². The number of allylic oxidation sites excluding steroid dienone is 3. The van der Waals surface area contributed by atoms with E-state index in [0.717, 1.165) is 12.8 Å². The second kappa shape index (κ2) is 4.94. The minimum Gasteiger partial charge on any atom is -0.149 e. The van der Waals surface area contributed by atoms with Gasteiger partial charge in [0.2, 0.25) is 0 Å². The van der Waals surface area contributed by atoms with Crippen molar-refractivity contribution in [2.45, 2.75) is 19.8 Å². The Kier molecular flexibility index (Phi) is 3.81. The molecule has 0 saturated heterocycles. The summed E-state index contributed by atoms with van der Waals surface area (Å²) in [6, 6.07) is 2.18. The Hall–Kier alpha value is -0.820. The van der Waals surface area contributed by atoms with Crippen molar-refractivity contribution in [3.05, 3.63) is 46.7 Å². The van der Waals surface area contributed by atoms with E-state index in [1.807, 2.05) is 23.5 Å². The molecule has 1 heterocycles. The van der Waals surface area contributed by atoms with Crippen LogP contribution in [0, 0.1) is 6.92 Å². The molecule has 64 valence electrons. The number of thiophene rings is 1. The molecule has 0 nitrogen and oxygen atoms in total. The lowest BCUT2D eigenvalue weighted by Crippen LogP contribution is -1.79. The molecular formula is C11H14S. The summed E-state index contributed by atoms with van der Waals surface area (Å²) in [5.74, 6) is 0. The van der Waals surface area contributed by atoms with Crippen LogP contribution in [0.3, 0.4) is 0 Å². The molecule has 1 heteroatoms. The standard InChI is InChI=1S/C11H14S/c1-3-4-5-6-7-11-10(2)8-9-12-11/h3-5,8-9H,1,6-7H2,2H3. The molecule has 1 aromatic rings. The largest absolute Gasteiger partial charge is 0.149 e. The fraction of sp³-hybridized carbons (Fsp3) is 0.273. The Morgan fingerprint density at radius 3 is 3.00 bits per heavy atom. The first-order chi connectivity index (χ1) is 5.84. The first-order valence-electron chi connectivity index (χ1n) is 4.15. The van der Waals surface area contributed by atoms with Crippen LogP contribution in [-0.2, 0) is 6.42 Å². The van der Waals surface area contributed by atoms with Gasteiger partial charge in [0, 0.05) is 4.88 Å². The lowest BCUT2D eigenvalue weighted by molar-refractivity contribution is 1.02.